The molecule has 0 spiro atoms. The number of unbranched alkanes of at least 4 members (excludes halogenated alkanes) is 2. The van der Waals surface area contributed by atoms with E-state index in [1.807, 2.05) is 32.0 Å². The van der Waals surface area contributed by atoms with Crippen molar-refractivity contribution in [3.63, 3.8) is 0 Å². The SMILES string of the molecule is CCCCOP(=O)(OCCCC)C(N=Cc1ccccc1)C(=O)O. The number of rotatable bonds is 12. The Bertz CT molecular complexity index is 547. The molecule has 1 aromatic rings. The van der Waals surface area contributed by atoms with E-state index in [2.05, 4.69) is 4.99 Å². The molecule has 0 heterocycles. The summed E-state index contributed by atoms with van der Waals surface area (Å²) in [5.74, 6) is -2.88. The molecule has 1 aromatic carbocycles. The predicted molar refractivity (Wildman–Crippen MR) is 94.8 cm³/mol. The zero-order valence-electron chi connectivity index (χ0n) is 14.3. The molecule has 6 nitrogen and oxygen atoms in total. The van der Waals surface area contributed by atoms with Gasteiger partial charge in [-0.15, -0.1) is 0 Å². The fourth-order valence-corrected chi connectivity index (χ4v) is 3.45. The predicted octanol–water partition coefficient (Wildman–Crippen LogP) is 4.34. The molecule has 1 rings (SSSR count). The summed E-state index contributed by atoms with van der Waals surface area (Å²) in [7, 11) is -3.88. The molecule has 0 bridgehead atoms. The smallest absolute Gasteiger partial charge is 0.366 e. The highest BCUT2D eigenvalue weighted by atomic mass is 31.2. The first-order valence-electron chi connectivity index (χ1n) is 8.23. The lowest BCUT2D eigenvalue weighted by molar-refractivity contribution is -0.136. The van der Waals surface area contributed by atoms with E-state index in [0.29, 0.717) is 12.8 Å². The molecule has 0 saturated carbocycles. The first-order valence-corrected chi connectivity index (χ1v) is 9.84. The highest BCUT2D eigenvalue weighted by Crippen LogP contribution is 2.54. The number of hydrogen-bond acceptors (Lipinski definition) is 5. The molecule has 1 N–H and O–H groups in total. The highest BCUT2D eigenvalue weighted by Gasteiger charge is 2.41. The molecule has 24 heavy (non-hydrogen) atoms. The molecule has 0 amide bonds. The second kappa shape index (κ2) is 11.1. The van der Waals surface area contributed by atoms with Crippen molar-refractivity contribution in [3.8, 4) is 0 Å². The second-order valence-electron chi connectivity index (χ2n) is 5.31. The normalized spacial score (nSPS) is 13.2. The number of aliphatic carboxylic acids is 1. The fourth-order valence-electron chi connectivity index (χ4n) is 1.83. The van der Waals surface area contributed by atoms with Crippen molar-refractivity contribution in [2.24, 2.45) is 4.99 Å². The van der Waals surface area contributed by atoms with Crippen LogP contribution in [-0.2, 0) is 18.4 Å². The van der Waals surface area contributed by atoms with Gasteiger partial charge in [-0.05, 0) is 18.4 Å². The minimum atomic E-state index is -3.88. The molecule has 0 saturated heterocycles. The van der Waals surface area contributed by atoms with Crippen LogP contribution in [0.15, 0.2) is 35.3 Å². The molecule has 0 aromatic heterocycles. The highest BCUT2D eigenvalue weighted by molar-refractivity contribution is 7.55. The number of hydrogen-bond donors (Lipinski definition) is 1. The summed E-state index contributed by atoms with van der Waals surface area (Å²) < 4.78 is 23.7. The molecule has 1 unspecified atom stereocenters. The van der Waals surface area contributed by atoms with E-state index < -0.39 is 19.3 Å². The number of aliphatic imine (C=N–C) groups is 1. The van der Waals surface area contributed by atoms with Gasteiger partial charge in [0.1, 0.15) is 0 Å². The average molecular weight is 355 g/mol. The van der Waals surface area contributed by atoms with Crippen LogP contribution >= 0.6 is 7.60 Å². The van der Waals surface area contributed by atoms with Gasteiger partial charge in [-0.1, -0.05) is 57.0 Å². The summed E-state index contributed by atoms with van der Waals surface area (Å²) in [6.45, 7) is 4.30. The Morgan fingerprint density at radius 3 is 2.17 bits per heavy atom. The third-order valence-corrected chi connectivity index (χ3v) is 5.26. The Kier molecular flexibility index (Phi) is 9.53. The van der Waals surface area contributed by atoms with Crippen LogP contribution in [0.5, 0.6) is 0 Å². The Morgan fingerprint density at radius 1 is 1.17 bits per heavy atom. The van der Waals surface area contributed by atoms with Gasteiger partial charge in [0, 0.05) is 6.21 Å². The van der Waals surface area contributed by atoms with E-state index in [1.165, 1.54) is 6.21 Å². The minimum absolute atomic E-state index is 0.185. The Labute approximate surface area is 143 Å². The van der Waals surface area contributed by atoms with E-state index in [0.717, 1.165) is 18.4 Å². The number of carbonyl (C=O) groups is 1. The zero-order chi connectivity index (χ0) is 17.8. The van der Waals surface area contributed by atoms with E-state index in [4.69, 9.17) is 9.05 Å². The van der Waals surface area contributed by atoms with Gasteiger partial charge in [-0.2, -0.15) is 0 Å². The van der Waals surface area contributed by atoms with Gasteiger partial charge in [0.2, 0.25) is 5.78 Å². The summed E-state index contributed by atoms with van der Waals surface area (Å²) in [6, 6.07) is 9.03. The molecule has 0 aliphatic heterocycles. The van der Waals surface area contributed by atoms with Crippen LogP contribution in [0, 0.1) is 0 Å². The van der Waals surface area contributed by atoms with Crippen LogP contribution in [0.4, 0.5) is 0 Å². The quantitative estimate of drug-likeness (QED) is 0.342. The van der Waals surface area contributed by atoms with Crippen LogP contribution in [0.25, 0.3) is 0 Å². The lowest BCUT2D eigenvalue weighted by atomic mass is 10.2. The van der Waals surface area contributed by atoms with Gasteiger partial charge in [0.25, 0.3) is 0 Å². The maximum atomic E-state index is 13.0. The Balaban J connectivity index is 2.95. The number of benzene rings is 1. The van der Waals surface area contributed by atoms with Crippen molar-refractivity contribution in [3.05, 3.63) is 35.9 Å². The minimum Gasteiger partial charge on any atom is -0.479 e. The van der Waals surface area contributed by atoms with Gasteiger partial charge < -0.3 is 14.2 Å². The molecule has 0 aliphatic carbocycles. The van der Waals surface area contributed by atoms with Crippen molar-refractivity contribution >= 4 is 19.8 Å². The standard InChI is InChI=1S/C17H26NO5P/c1-3-5-12-22-24(21,23-13-6-4-2)16(17(19)20)18-14-15-10-8-7-9-11-15/h7-11,14,16H,3-6,12-13H2,1-2H3,(H,19,20). The average Bonchev–Trinajstić information content (AvgIpc) is 2.56. The fraction of sp³-hybridized carbons (Fsp3) is 0.529. The number of carboxylic acid groups (broad SMARTS) is 1. The van der Waals surface area contributed by atoms with Gasteiger partial charge in [-0.25, -0.2) is 4.79 Å². The molecule has 0 aliphatic rings. The summed E-state index contributed by atoms with van der Waals surface area (Å²) in [5.41, 5.74) is 0.720. The van der Waals surface area contributed by atoms with Crippen LogP contribution in [0.1, 0.15) is 45.1 Å². The molecule has 0 radical (unpaired) electrons. The van der Waals surface area contributed by atoms with Crippen molar-refractivity contribution in [2.75, 3.05) is 13.2 Å². The largest absolute Gasteiger partial charge is 0.479 e. The number of carboxylic acids is 1. The summed E-state index contributed by atoms with van der Waals surface area (Å²) in [5, 5.41) is 9.45. The molecule has 134 valence electrons. The first kappa shape index (κ1) is 20.6. The van der Waals surface area contributed by atoms with Crippen molar-refractivity contribution < 1.29 is 23.5 Å². The Morgan fingerprint density at radius 2 is 1.71 bits per heavy atom. The lowest BCUT2D eigenvalue weighted by Gasteiger charge is -2.21. The van der Waals surface area contributed by atoms with Gasteiger partial charge in [0.15, 0.2) is 0 Å². The molecule has 0 fully saturated rings. The lowest BCUT2D eigenvalue weighted by Crippen LogP contribution is -2.22. The first-order chi connectivity index (χ1) is 11.5. The summed E-state index contributed by atoms with van der Waals surface area (Å²) in [6.07, 6.45) is 4.43. The second-order valence-corrected chi connectivity index (χ2v) is 7.40. The monoisotopic (exact) mass is 355 g/mol. The Hall–Kier alpha value is -1.49. The van der Waals surface area contributed by atoms with Crippen LogP contribution in [-0.4, -0.2) is 36.3 Å². The molecule has 1 atom stereocenters. The van der Waals surface area contributed by atoms with E-state index in [-0.39, 0.29) is 13.2 Å². The topological polar surface area (TPSA) is 85.2 Å². The van der Waals surface area contributed by atoms with Gasteiger partial charge in [-0.3, -0.25) is 9.56 Å². The molecule has 7 heteroatoms. The van der Waals surface area contributed by atoms with E-state index in [9.17, 15) is 14.5 Å². The van der Waals surface area contributed by atoms with Gasteiger partial charge >= 0.3 is 13.6 Å². The van der Waals surface area contributed by atoms with Crippen molar-refractivity contribution in [1.82, 2.24) is 0 Å². The van der Waals surface area contributed by atoms with Crippen molar-refractivity contribution in [1.29, 1.82) is 0 Å². The van der Waals surface area contributed by atoms with Crippen LogP contribution in [0.3, 0.4) is 0 Å². The van der Waals surface area contributed by atoms with Crippen molar-refractivity contribution in [2.45, 2.75) is 45.3 Å². The maximum absolute atomic E-state index is 13.0. The zero-order valence-corrected chi connectivity index (χ0v) is 15.2. The van der Waals surface area contributed by atoms with Crippen LogP contribution in [0.2, 0.25) is 0 Å². The van der Waals surface area contributed by atoms with E-state index >= 15 is 0 Å². The van der Waals surface area contributed by atoms with Gasteiger partial charge in [0.05, 0.1) is 13.2 Å². The molecular formula is C17H26NO5P. The molecular weight excluding hydrogens is 329 g/mol. The maximum Gasteiger partial charge on any atom is 0.366 e. The number of nitrogens with zero attached hydrogens (tertiary/aromatic N) is 1. The summed E-state index contributed by atoms with van der Waals surface area (Å²) >= 11 is 0. The summed E-state index contributed by atoms with van der Waals surface area (Å²) in [4.78, 5) is 15.6. The third-order valence-electron chi connectivity index (χ3n) is 3.22. The van der Waals surface area contributed by atoms with E-state index in [1.54, 1.807) is 12.1 Å². The third kappa shape index (κ3) is 6.95. The van der Waals surface area contributed by atoms with Crippen LogP contribution < -0.4 is 0 Å².